The van der Waals surface area contributed by atoms with Crippen molar-refractivity contribution < 1.29 is 9.15 Å². The summed E-state index contributed by atoms with van der Waals surface area (Å²) in [5.41, 5.74) is 2.03. The minimum Gasteiger partial charge on any atom is -0.496 e. The summed E-state index contributed by atoms with van der Waals surface area (Å²) in [6.45, 7) is 8.15. The first-order chi connectivity index (χ1) is 12.7. The van der Waals surface area contributed by atoms with Gasteiger partial charge in [0.25, 0.3) is 0 Å². The third-order valence-electron chi connectivity index (χ3n) is 5.05. The fraction of sp³-hybridized carbons (Fsp3) is 0.381. The second-order valence-corrected chi connectivity index (χ2v) is 6.97. The SMILES string of the molecule is COc1ccc(-c2nc(CN3CCNC(C)C3)c(C)o2)c2ccccc12. The number of fused-ring (bicyclic) bond motifs is 1. The van der Waals surface area contributed by atoms with Crippen molar-refractivity contribution in [3.8, 4) is 17.2 Å². The molecule has 1 fully saturated rings. The average Bonchev–Trinajstić information content (AvgIpc) is 3.01. The molecule has 0 amide bonds. The second kappa shape index (κ2) is 7.09. The molecule has 3 aromatic rings. The lowest BCUT2D eigenvalue weighted by molar-refractivity contribution is 0.197. The van der Waals surface area contributed by atoms with Crippen molar-refractivity contribution in [2.45, 2.75) is 26.4 Å². The maximum atomic E-state index is 6.06. The van der Waals surface area contributed by atoms with Crippen molar-refractivity contribution in [2.75, 3.05) is 26.7 Å². The highest BCUT2D eigenvalue weighted by molar-refractivity contribution is 5.98. The molecule has 0 aliphatic carbocycles. The Labute approximate surface area is 154 Å². The van der Waals surface area contributed by atoms with Gasteiger partial charge in [0.2, 0.25) is 5.89 Å². The Bertz CT molecular complexity index is 919. The fourth-order valence-electron chi connectivity index (χ4n) is 3.69. The first-order valence-electron chi connectivity index (χ1n) is 9.14. The smallest absolute Gasteiger partial charge is 0.227 e. The summed E-state index contributed by atoms with van der Waals surface area (Å²) in [4.78, 5) is 7.27. The summed E-state index contributed by atoms with van der Waals surface area (Å²) in [6, 6.07) is 12.7. The van der Waals surface area contributed by atoms with E-state index in [1.165, 1.54) is 0 Å². The van der Waals surface area contributed by atoms with Gasteiger partial charge in [-0.05, 0) is 31.4 Å². The van der Waals surface area contributed by atoms with Gasteiger partial charge in [-0.15, -0.1) is 0 Å². The maximum absolute atomic E-state index is 6.06. The maximum Gasteiger partial charge on any atom is 0.227 e. The number of hydrogen-bond donors (Lipinski definition) is 1. The molecule has 2 heterocycles. The molecule has 1 saturated heterocycles. The second-order valence-electron chi connectivity index (χ2n) is 6.97. The molecular formula is C21H25N3O2. The minimum absolute atomic E-state index is 0.515. The molecule has 0 bridgehead atoms. The Morgan fingerprint density at radius 3 is 2.81 bits per heavy atom. The molecule has 1 aromatic heterocycles. The number of nitrogens with one attached hydrogen (secondary N) is 1. The van der Waals surface area contributed by atoms with E-state index in [1.54, 1.807) is 7.11 Å². The summed E-state index contributed by atoms with van der Waals surface area (Å²) in [5, 5.41) is 5.64. The van der Waals surface area contributed by atoms with Crippen LogP contribution < -0.4 is 10.1 Å². The van der Waals surface area contributed by atoms with E-state index in [1.807, 2.05) is 31.2 Å². The minimum atomic E-state index is 0.515. The van der Waals surface area contributed by atoms with E-state index in [4.69, 9.17) is 14.1 Å². The topological polar surface area (TPSA) is 50.5 Å². The number of aromatic nitrogens is 1. The van der Waals surface area contributed by atoms with Crippen LogP contribution in [0.2, 0.25) is 0 Å². The molecule has 2 aromatic carbocycles. The monoisotopic (exact) mass is 351 g/mol. The highest BCUT2D eigenvalue weighted by atomic mass is 16.5. The van der Waals surface area contributed by atoms with Crippen LogP contribution in [-0.4, -0.2) is 42.7 Å². The molecule has 1 aliphatic rings. The van der Waals surface area contributed by atoms with Crippen LogP contribution in [-0.2, 0) is 6.54 Å². The normalized spacial score (nSPS) is 18.3. The number of rotatable bonds is 4. The van der Waals surface area contributed by atoms with Gasteiger partial charge in [-0.2, -0.15) is 0 Å². The van der Waals surface area contributed by atoms with E-state index in [2.05, 4.69) is 29.3 Å². The highest BCUT2D eigenvalue weighted by Crippen LogP contribution is 2.34. The van der Waals surface area contributed by atoms with Crippen LogP contribution >= 0.6 is 0 Å². The Kier molecular flexibility index (Phi) is 4.66. The van der Waals surface area contributed by atoms with Crippen LogP contribution in [0.25, 0.3) is 22.2 Å². The van der Waals surface area contributed by atoms with Crippen LogP contribution in [0.15, 0.2) is 40.8 Å². The number of methoxy groups -OCH3 is 1. The summed E-state index contributed by atoms with van der Waals surface area (Å²) < 4.78 is 11.6. The lowest BCUT2D eigenvalue weighted by Gasteiger charge is -2.31. The molecule has 0 spiro atoms. The summed E-state index contributed by atoms with van der Waals surface area (Å²) in [7, 11) is 1.70. The fourth-order valence-corrected chi connectivity index (χ4v) is 3.69. The molecule has 1 unspecified atom stereocenters. The average molecular weight is 351 g/mol. The number of aryl methyl sites for hydroxylation is 1. The van der Waals surface area contributed by atoms with Gasteiger partial charge in [0.15, 0.2) is 0 Å². The Balaban J connectivity index is 1.68. The first-order valence-corrected chi connectivity index (χ1v) is 9.14. The lowest BCUT2D eigenvalue weighted by atomic mass is 10.0. The zero-order valence-corrected chi connectivity index (χ0v) is 15.6. The van der Waals surface area contributed by atoms with Gasteiger partial charge >= 0.3 is 0 Å². The Morgan fingerprint density at radius 2 is 2.04 bits per heavy atom. The molecule has 136 valence electrons. The highest BCUT2D eigenvalue weighted by Gasteiger charge is 2.20. The van der Waals surface area contributed by atoms with E-state index in [0.717, 1.165) is 59.7 Å². The Morgan fingerprint density at radius 1 is 1.23 bits per heavy atom. The molecule has 0 radical (unpaired) electrons. The molecule has 1 N–H and O–H groups in total. The first kappa shape index (κ1) is 17.1. The van der Waals surface area contributed by atoms with E-state index >= 15 is 0 Å². The van der Waals surface area contributed by atoms with Crippen molar-refractivity contribution in [3.05, 3.63) is 47.9 Å². The zero-order valence-electron chi connectivity index (χ0n) is 15.6. The Hall–Kier alpha value is -2.37. The number of piperazine rings is 1. The van der Waals surface area contributed by atoms with Crippen LogP contribution in [0.5, 0.6) is 5.75 Å². The van der Waals surface area contributed by atoms with Gasteiger partial charge < -0.3 is 14.5 Å². The zero-order chi connectivity index (χ0) is 18.1. The number of nitrogens with zero attached hydrogens (tertiary/aromatic N) is 2. The van der Waals surface area contributed by atoms with E-state index in [0.29, 0.717) is 11.9 Å². The van der Waals surface area contributed by atoms with E-state index < -0.39 is 0 Å². The third-order valence-corrected chi connectivity index (χ3v) is 5.05. The largest absolute Gasteiger partial charge is 0.496 e. The van der Waals surface area contributed by atoms with E-state index in [9.17, 15) is 0 Å². The molecule has 5 nitrogen and oxygen atoms in total. The molecule has 4 rings (SSSR count). The molecule has 0 saturated carbocycles. The number of ether oxygens (including phenoxy) is 1. The molecule has 26 heavy (non-hydrogen) atoms. The van der Waals surface area contributed by atoms with Gasteiger partial charge in [-0.1, -0.05) is 24.3 Å². The van der Waals surface area contributed by atoms with Crippen molar-refractivity contribution in [3.63, 3.8) is 0 Å². The van der Waals surface area contributed by atoms with Crippen molar-refractivity contribution in [2.24, 2.45) is 0 Å². The van der Waals surface area contributed by atoms with Gasteiger partial charge in [0.05, 0.1) is 12.8 Å². The quantitative estimate of drug-likeness (QED) is 0.778. The number of oxazole rings is 1. The van der Waals surface area contributed by atoms with Crippen LogP contribution in [0.1, 0.15) is 18.4 Å². The van der Waals surface area contributed by atoms with Gasteiger partial charge in [0, 0.05) is 43.2 Å². The molecule has 1 aliphatic heterocycles. The lowest BCUT2D eigenvalue weighted by Crippen LogP contribution is -2.48. The number of hydrogen-bond acceptors (Lipinski definition) is 5. The molecular weight excluding hydrogens is 326 g/mol. The summed E-state index contributed by atoms with van der Waals surface area (Å²) in [5.74, 6) is 2.44. The predicted molar refractivity (Wildman–Crippen MR) is 103 cm³/mol. The van der Waals surface area contributed by atoms with Crippen molar-refractivity contribution in [1.82, 2.24) is 15.2 Å². The van der Waals surface area contributed by atoms with Crippen molar-refractivity contribution in [1.29, 1.82) is 0 Å². The molecule has 1 atom stereocenters. The van der Waals surface area contributed by atoms with Gasteiger partial charge in [-0.3, -0.25) is 4.90 Å². The van der Waals surface area contributed by atoms with Crippen LogP contribution in [0, 0.1) is 6.92 Å². The van der Waals surface area contributed by atoms with Gasteiger partial charge in [0.1, 0.15) is 11.5 Å². The summed E-state index contributed by atoms with van der Waals surface area (Å²) >= 11 is 0. The van der Waals surface area contributed by atoms with Gasteiger partial charge in [-0.25, -0.2) is 4.98 Å². The molecule has 5 heteroatoms. The predicted octanol–water partition coefficient (Wildman–Crippen LogP) is 3.61. The standard InChI is InChI=1S/C21H25N3O2/c1-14-12-24(11-10-22-14)13-19-15(2)26-21(23-19)18-8-9-20(25-3)17-7-5-4-6-16(17)18/h4-9,14,22H,10-13H2,1-3H3. The van der Waals surface area contributed by atoms with Crippen molar-refractivity contribution >= 4 is 10.8 Å². The third kappa shape index (κ3) is 3.20. The summed E-state index contributed by atoms with van der Waals surface area (Å²) in [6.07, 6.45) is 0. The number of benzene rings is 2. The van der Waals surface area contributed by atoms with Crippen LogP contribution in [0.3, 0.4) is 0 Å². The van der Waals surface area contributed by atoms with E-state index in [-0.39, 0.29) is 0 Å². The van der Waals surface area contributed by atoms with Crippen LogP contribution in [0.4, 0.5) is 0 Å².